The summed E-state index contributed by atoms with van der Waals surface area (Å²) in [7, 11) is 0. The van der Waals surface area contributed by atoms with Gasteiger partial charge in [-0.1, -0.05) is 6.92 Å². The topological polar surface area (TPSA) is 110 Å². The zero-order valence-corrected chi connectivity index (χ0v) is 10.6. The van der Waals surface area contributed by atoms with Gasteiger partial charge in [-0.2, -0.15) is 0 Å². The summed E-state index contributed by atoms with van der Waals surface area (Å²) < 4.78 is 13.1. The summed E-state index contributed by atoms with van der Waals surface area (Å²) >= 11 is 0. The SMILES string of the molecule is CCC(CC(=O)O)NC(=O)c1cc(F)ccc1[N+](=O)[O-]. The normalized spacial score (nSPS) is 11.7. The second-order valence-corrected chi connectivity index (χ2v) is 4.10. The van der Waals surface area contributed by atoms with Gasteiger partial charge in [0.2, 0.25) is 0 Å². The molecule has 0 saturated heterocycles. The second kappa shape index (κ2) is 6.60. The molecule has 0 saturated carbocycles. The molecule has 0 aliphatic heterocycles. The molecule has 0 aromatic heterocycles. The Balaban J connectivity index is 2.99. The first-order valence-electron chi connectivity index (χ1n) is 5.81. The minimum absolute atomic E-state index is 0.314. The molecule has 0 fully saturated rings. The molecule has 1 aromatic rings. The molecule has 2 N–H and O–H groups in total. The number of carboxylic acid groups (broad SMARTS) is 1. The lowest BCUT2D eigenvalue weighted by molar-refractivity contribution is -0.385. The van der Waals surface area contributed by atoms with Crippen LogP contribution in [0.5, 0.6) is 0 Å². The molecule has 1 rings (SSSR count). The second-order valence-electron chi connectivity index (χ2n) is 4.10. The van der Waals surface area contributed by atoms with E-state index in [2.05, 4.69) is 5.32 Å². The number of rotatable bonds is 6. The zero-order valence-electron chi connectivity index (χ0n) is 10.6. The van der Waals surface area contributed by atoms with Gasteiger partial charge in [0, 0.05) is 12.1 Å². The lowest BCUT2D eigenvalue weighted by Gasteiger charge is -2.14. The fourth-order valence-corrected chi connectivity index (χ4v) is 1.62. The van der Waals surface area contributed by atoms with Crippen molar-refractivity contribution in [2.45, 2.75) is 25.8 Å². The number of amides is 1. The van der Waals surface area contributed by atoms with Crippen LogP contribution >= 0.6 is 0 Å². The van der Waals surface area contributed by atoms with Gasteiger partial charge in [0.15, 0.2) is 0 Å². The highest BCUT2D eigenvalue weighted by atomic mass is 19.1. The first kappa shape index (κ1) is 15.5. The number of halogens is 1. The number of hydrogen-bond acceptors (Lipinski definition) is 4. The van der Waals surface area contributed by atoms with E-state index in [0.717, 1.165) is 18.2 Å². The van der Waals surface area contributed by atoms with Crippen molar-refractivity contribution in [1.82, 2.24) is 5.32 Å². The van der Waals surface area contributed by atoms with Gasteiger partial charge in [0.05, 0.1) is 11.3 Å². The number of carbonyl (C=O) groups is 2. The standard InChI is InChI=1S/C12H13FN2O5/c1-2-8(6-11(16)17)14-12(18)9-5-7(13)3-4-10(9)15(19)20/h3-5,8H,2,6H2,1H3,(H,14,18)(H,16,17). The fraction of sp³-hybridized carbons (Fsp3) is 0.333. The minimum Gasteiger partial charge on any atom is -0.481 e. The zero-order chi connectivity index (χ0) is 15.3. The first-order valence-corrected chi connectivity index (χ1v) is 5.81. The van der Waals surface area contributed by atoms with Crippen LogP contribution in [0.25, 0.3) is 0 Å². The van der Waals surface area contributed by atoms with Crippen molar-refractivity contribution in [3.63, 3.8) is 0 Å². The molecular weight excluding hydrogens is 271 g/mol. The van der Waals surface area contributed by atoms with Crippen LogP contribution in [-0.2, 0) is 4.79 Å². The number of benzene rings is 1. The summed E-state index contributed by atoms with van der Waals surface area (Å²) in [6, 6.07) is 1.84. The van der Waals surface area contributed by atoms with Crippen molar-refractivity contribution < 1.29 is 24.0 Å². The molecule has 8 heteroatoms. The monoisotopic (exact) mass is 284 g/mol. The maximum absolute atomic E-state index is 13.1. The van der Waals surface area contributed by atoms with Crippen LogP contribution in [0.15, 0.2) is 18.2 Å². The maximum atomic E-state index is 13.1. The molecular formula is C12H13FN2O5. The van der Waals surface area contributed by atoms with E-state index in [-0.39, 0.29) is 6.42 Å². The van der Waals surface area contributed by atoms with Gasteiger partial charge in [0.1, 0.15) is 11.4 Å². The van der Waals surface area contributed by atoms with Crippen LogP contribution in [0.1, 0.15) is 30.1 Å². The van der Waals surface area contributed by atoms with Gasteiger partial charge < -0.3 is 10.4 Å². The van der Waals surface area contributed by atoms with E-state index in [9.17, 15) is 24.1 Å². The molecule has 0 radical (unpaired) electrons. The van der Waals surface area contributed by atoms with Crippen LogP contribution in [0.4, 0.5) is 10.1 Å². The molecule has 0 heterocycles. The summed E-state index contributed by atoms with van der Waals surface area (Å²) in [4.78, 5) is 32.5. The third kappa shape index (κ3) is 4.01. The minimum atomic E-state index is -1.11. The van der Waals surface area contributed by atoms with Crippen molar-refractivity contribution >= 4 is 17.6 Å². The van der Waals surface area contributed by atoms with E-state index in [4.69, 9.17) is 5.11 Å². The van der Waals surface area contributed by atoms with E-state index in [1.165, 1.54) is 0 Å². The van der Waals surface area contributed by atoms with E-state index >= 15 is 0 Å². The molecule has 7 nitrogen and oxygen atoms in total. The Kier molecular flexibility index (Phi) is 5.13. The van der Waals surface area contributed by atoms with E-state index in [0.29, 0.717) is 6.42 Å². The van der Waals surface area contributed by atoms with Gasteiger partial charge in [-0.3, -0.25) is 19.7 Å². The molecule has 1 unspecified atom stereocenters. The Hall–Kier alpha value is -2.51. The van der Waals surface area contributed by atoms with Gasteiger partial charge in [-0.15, -0.1) is 0 Å². The fourth-order valence-electron chi connectivity index (χ4n) is 1.62. The Morgan fingerprint density at radius 3 is 2.65 bits per heavy atom. The summed E-state index contributed by atoms with van der Waals surface area (Å²) in [5.41, 5.74) is -0.965. The number of nitro groups is 1. The van der Waals surface area contributed by atoms with Gasteiger partial charge in [-0.05, 0) is 18.6 Å². The quantitative estimate of drug-likeness (QED) is 0.610. The highest BCUT2D eigenvalue weighted by molar-refractivity contribution is 5.98. The molecule has 1 atom stereocenters. The van der Waals surface area contributed by atoms with Gasteiger partial charge in [-0.25, -0.2) is 4.39 Å². The van der Waals surface area contributed by atoms with E-state index < -0.39 is 39.9 Å². The number of carboxylic acids is 1. The van der Waals surface area contributed by atoms with Crippen molar-refractivity contribution in [2.24, 2.45) is 0 Å². The summed E-state index contributed by atoms with van der Waals surface area (Å²) in [6.07, 6.45) is 0.0203. The molecule has 1 aromatic carbocycles. The van der Waals surface area contributed by atoms with Gasteiger partial charge in [0.25, 0.3) is 11.6 Å². The average molecular weight is 284 g/mol. The summed E-state index contributed by atoms with van der Waals surface area (Å²) in [6.45, 7) is 1.66. The third-order valence-electron chi connectivity index (χ3n) is 2.65. The Morgan fingerprint density at radius 1 is 1.50 bits per heavy atom. The van der Waals surface area contributed by atoms with Crippen LogP contribution in [-0.4, -0.2) is 27.9 Å². The number of nitro benzene ring substituents is 1. The predicted molar refractivity (Wildman–Crippen MR) is 66.9 cm³/mol. The largest absolute Gasteiger partial charge is 0.481 e. The third-order valence-corrected chi connectivity index (χ3v) is 2.65. The smallest absolute Gasteiger partial charge is 0.305 e. The van der Waals surface area contributed by atoms with Crippen molar-refractivity contribution in [1.29, 1.82) is 0 Å². The van der Waals surface area contributed by atoms with Crippen molar-refractivity contribution in [3.8, 4) is 0 Å². The molecule has 0 aliphatic carbocycles. The van der Waals surface area contributed by atoms with Crippen molar-refractivity contribution in [2.75, 3.05) is 0 Å². The molecule has 108 valence electrons. The number of hydrogen-bond donors (Lipinski definition) is 2. The number of nitrogens with zero attached hydrogens (tertiary/aromatic N) is 1. The number of carbonyl (C=O) groups excluding carboxylic acids is 1. The van der Waals surface area contributed by atoms with E-state index in [1.54, 1.807) is 6.92 Å². The first-order chi connectivity index (χ1) is 9.35. The number of nitrogens with one attached hydrogen (secondary N) is 1. The highest BCUT2D eigenvalue weighted by Gasteiger charge is 2.23. The Bertz CT molecular complexity index is 547. The highest BCUT2D eigenvalue weighted by Crippen LogP contribution is 2.19. The Labute approximate surface area is 113 Å². The lowest BCUT2D eigenvalue weighted by Crippen LogP contribution is -2.36. The summed E-state index contributed by atoms with van der Waals surface area (Å²) in [5.74, 6) is -2.76. The average Bonchev–Trinajstić information content (AvgIpc) is 2.36. The van der Waals surface area contributed by atoms with Gasteiger partial charge >= 0.3 is 5.97 Å². The number of aliphatic carboxylic acids is 1. The van der Waals surface area contributed by atoms with E-state index in [1.807, 2.05) is 0 Å². The molecule has 0 bridgehead atoms. The van der Waals surface area contributed by atoms with Crippen molar-refractivity contribution in [3.05, 3.63) is 39.7 Å². The lowest BCUT2D eigenvalue weighted by atomic mass is 10.1. The van der Waals surface area contributed by atoms with Crippen LogP contribution in [0.2, 0.25) is 0 Å². The van der Waals surface area contributed by atoms with Crippen LogP contribution in [0.3, 0.4) is 0 Å². The maximum Gasteiger partial charge on any atom is 0.305 e. The summed E-state index contributed by atoms with van der Waals surface area (Å²) in [5, 5.41) is 21.8. The molecule has 1 amide bonds. The molecule has 20 heavy (non-hydrogen) atoms. The molecule has 0 aliphatic rings. The van der Waals surface area contributed by atoms with Crippen LogP contribution < -0.4 is 5.32 Å². The molecule has 0 spiro atoms. The predicted octanol–water partition coefficient (Wildman–Crippen LogP) is 1.72. The Morgan fingerprint density at radius 2 is 2.15 bits per heavy atom. The van der Waals surface area contributed by atoms with Crippen LogP contribution in [0, 0.1) is 15.9 Å².